The number of hydrogen-bond acceptors (Lipinski definition) is 3. The van der Waals surface area contributed by atoms with Crippen LogP contribution in [0.2, 0.25) is 0 Å². The van der Waals surface area contributed by atoms with Crippen molar-refractivity contribution in [1.82, 2.24) is 0 Å². The summed E-state index contributed by atoms with van der Waals surface area (Å²) in [6, 6.07) is 6.10. The highest BCUT2D eigenvalue weighted by molar-refractivity contribution is 5.81. The van der Waals surface area contributed by atoms with Gasteiger partial charge in [-0.05, 0) is 24.5 Å². The van der Waals surface area contributed by atoms with Crippen molar-refractivity contribution < 1.29 is 4.74 Å². The molecule has 3 nitrogen and oxygen atoms in total. The number of rotatable bonds is 4. The van der Waals surface area contributed by atoms with E-state index in [0.717, 1.165) is 36.0 Å². The molecule has 3 heteroatoms. The maximum Gasteiger partial charge on any atom is 0.121 e. The van der Waals surface area contributed by atoms with Gasteiger partial charge in [0.1, 0.15) is 11.6 Å². The average molecular weight is 232 g/mol. The molecule has 0 spiro atoms. The molecule has 1 N–H and O–H groups in total. The predicted octanol–water partition coefficient (Wildman–Crippen LogP) is 3.44. The summed E-state index contributed by atoms with van der Waals surface area (Å²) < 4.78 is 5.72. The highest BCUT2D eigenvalue weighted by Gasteiger charge is 2.18. The molecular formula is C14H20N2O. The third kappa shape index (κ3) is 2.54. The van der Waals surface area contributed by atoms with Gasteiger partial charge in [-0.2, -0.15) is 0 Å². The van der Waals surface area contributed by atoms with Crippen molar-refractivity contribution in [3.05, 3.63) is 30.6 Å². The van der Waals surface area contributed by atoms with Crippen molar-refractivity contribution in [3.63, 3.8) is 0 Å². The summed E-state index contributed by atoms with van der Waals surface area (Å²) in [5.41, 5.74) is 2.21. The monoisotopic (exact) mass is 232 g/mol. The van der Waals surface area contributed by atoms with E-state index < -0.39 is 0 Å². The third-order valence-corrected chi connectivity index (χ3v) is 2.98. The van der Waals surface area contributed by atoms with Crippen LogP contribution >= 0.6 is 0 Å². The van der Waals surface area contributed by atoms with E-state index in [2.05, 4.69) is 31.8 Å². The maximum atomic E-state index is 5.72. The molecule has 1 aromatic carbocycles. The fourth-order valence-corrected chi connectivity index (χ4v) is 1.79. The van der Waals surface area contributed by atoms with Crippen molar-refractivity contribution in [1.29, 1.82) is 0 Å². The van der Waals surface area contributed by atoms with Gasteiger partial charge in [-0.25, -0.2) is 0 Å². The summed E-state index contributed by atoms with van der Waals surface area (Å²) in [5, 5.41) is 3.24. The van der Waals surface area contributed by atoms with Gasteiger partial charge in [0.25, 0.3) is 0 Å². The molecule has 0 amide bonds. The summed E-state index contributed by atoms with van der Waals surface area (Å²) >= 11 is 0. The molecule has 92 valence electrons. The molecule has 17 heavy (non-hydrogen) atoms. The van der Waals surface area contributed by atoms with E-state index in [1.54, 1.807) is 0 Å². The topological polar surface area (TPSA) is 24.5 Å². The Morgan fingerprint density at radius 1 is 1.41 bits per heavy atom. The molecule has 0 bridgehead atoms. The minimum absolute atomic E-state index is 0.675. The lowest BCUT2D eigenvalue weighted by Gasteiger charge is -2.12. The molecule has 2 rings (SSSR count). The van der Waals surface area contributed by atoms with Crippen LogP contribution in [0.5, 0.6) is 5.75 Å². The van der Waals surface area contributed by atoms with Crippen LogP contribution in [0.4, 0.5) is 11.4 Å². The standard InChI is InChI=1S/C14H20N2O/c1-10(2)7-8-17-12-5-6-14-13(9-12)15-11(3)16(14)4/h5-6,9-10,15H,3,7-8H2,1-2,4H3. The first kappa shape index (κ1) is 11.8. The van der Waals surface area contributed by atoms with Crippen molar-refractivity contribution in [2.24, 2.45) is 5.92 Å². The molecule has 0 fully saturated rings. The summed E-state index contributed by atoms with van der Waals surface area (Å²) in [5.74, 6) is 2.49. The second-order valence-corrected chi connectivity index (χ2v) is 4.84. The lowest BCUT2D eigenvalue weighted by molar-refractivity contribution is 0.289. The SMILES string of the molecule is C=C1Nc2cc(OCCC(C)C)ccc2N1C. The van der Waals surface area contributed by atoms with E-state index in [0.29, 0.717) is 5.92 Å². The maximum absolute atomic E-state index is 5.72. The number of nitrogens with zero attached hydrogens (tertiary/aromatic N) is 1. The quantitative estimate of drug-likeness (QED) is 0.860. The summed E-state index contributed by atoms with van der Waals surface area (Å²) in [4.78, 5) is 2.03. The first-order valence-electron chi connectivity index (χ1n) is 6.04. The van der Waals surface area contributed by atoms with Crippen LogP contribution in [0, 0.1) is 5.92 Å². The van der Waals surface area contributed by atoms with Crippen molar-refractivity contribution in [3.8, 4) is 5.75 Å². The summed E-state index contributed by atoms with van der Waals surface area (Å²) in [6.07, 6.45) is 1.08. The Kier molecular flexibility index (Phi) is 3.27. The Bertz CT molecular complexity index is 426. The second kappa shape index (κ2) is 4.70. The number of fused-ring (bicyclic) bond motifs is 1. The lowest BCUT2D eigenvalue weighted by Crippen LogP contribution is -2.12. The van der Waals surface area contributed by atoms with Gasteiger partial charge in [-0.1, -0.05) is 20.4 Å². The fraction of sp³-hybridized carbons (Fsp3) is 0.429. The smallest absolute Gasteiger partial charge is 0.121 e. The van der Waals surface area contributed by atoms with Gasteiger partial charge < -0.3 is 15.0 Å². The summed E-state index contributed by atoms with van der Waals surface area (Å²) in [6.45, 7) is 9.11. The molecule has 1 aliphatic rings. The van der Waals surface area contributed by atoms with E-state index in [1.807, 2.05) is 24.1 Å². The minimum Gasteiger partial charge on any atom is -0.494 e. The molecule has 0 radical (unpaired) electrons. The van der Waals surface area contributed by atoms with Gasteiger partial charge in [0.2, 0.25) is 0 Å². The van der Waals surface area contributed by atoms with E-state index in [9.17, 15) is 0 Å². The van der Waals surface area contributed by atoms with Gasteiger partial charge in [-0.3, -0.25) is 0 Å². The molecule has 1 aromatic rings. The Morgan fingerprint density at radius 2 is 2.18 bits per heavy atom. The Balaban J connectivity index is 2.03. The first-order valence-corrected chi connectivity index (χ1v) is 6.04. The van der Waals surface area contributed by atoms with Gasteiger partial charge in [0.15, 0.2) is 0 Å². The van der Waals surface area contributed by atoms with Gasteiger partial charge in [0.05, 0.1) is 18.0 Å². The van der Waals surface area contributed by atoms with Crippen molar-refractivity contribution in [2.45, 2.75) is 20.3 Å². The average Bonchev–Trinajstić information content (AvgIpc) is 2.54. The van der Waals surface area contributed by atoms with Crippen LogP contribution < -0.4 is 15.0 Å². The zero-order valence-corrected chi connectivity index (χ0v) is 10.8. The number of ether oxygens (including phenoxy) is 1. The Morgan fingerprint density at radius 3 is 2.88 bits per heavy atom. The van der Waals surface area contributed by atoms with Crippen LogP contribution in [0.3, 0.4) is 0 Å². The summed E-state index contributed by atoms with van der Waals surface area (Å²) in [7, 11) is 2.00. The molecule has 0 aliphatic carbocycles. The van der Waals surface area contributed by atoms with E-state index in [4.69, 9.17) is 4.74 Å². The van der Waals surface area contributed by atoms with Crippen LogP contribution in [-0.2, 0) is 0 Å². The fourth-order valence-electron chi connectivity index (χ4n) is 1.79. The first-order chi connectivity index (χ1) is 8.08. The lowest BCUT2D eigenvalue weighted by atomic mass is 10.1. The zero-order chi connectivity index (χ0) is 12.4. The molecule has 0 aromatic heterocycles. The van der Waals surface area contributed by atoms with Crippen molar-refractivity contribution in [2.75, 3.05) is 23.9 Å². The number of nitrogens with one attached hydrogen (secondary N) is 1. The van der Waals surface area contributed by atoms with E-state index >= 15 is 0 Å². The molecular weight excluding hydrogens is 212 g/mol. The normalized spacial score (nSPS) is 13.9. The van der Waals surface area contributed by atoms with Gasteiger partial charge >= 0.3 is 0 Å². The van der Waals surface area contributed by atoms with Crippen LogP contribution in [0.1, 0.15) is 20.3 Å². The van der Waals surface area contributed by atoms with E-state index in [1.165, 1.54) is 0 Å². The third-order valence-electron chi connectivity index (χ3n) is 2.98. The van der Waals surface area contributed by atoms with Crippen LogP contribution in [0.15, 0.2) is 30.6 Å². The van der Waals surface area contributed by atoms with Gasteiger partial charge in [0, 0.05) is 13.1 Å². The zero-order valence-electron chi connectivity index (χ0n) is 10.8. The number of benzene rings is 1. The van der Waals surface area contributed by atoms with Gasteiger partial charge in [-0.15, -0.1) is 0 Å². The van der Waals surface area contributed by atoms with E-state index in [-0.39, 0.29) is 0 Å². The molecule has 0 atom stereocenters. The molecule has 1 aliphatic heterocycles. The Hall–Kier alpha value is -1.64. The van der Waals surface area contributed by atoms with Crippen molar-refractivity contribution >= 4 is 11.4 Å². The molecule has 0 unspecified atom stereocenters. The number of hydrogen-bond donors (Lipinski definition) is 1. The molecule has 0 saturated carbocycles. The highest BCUT2D eigenvalue weighted by atomic mass is 16.5. The predicted molar refractivity (Wildman–Crippen MR) is 72.6 cm³/mol. The largest absolute Gasteiger partial charge is 0.494 e. The number of anilines is 2. The Labute approximate surface area is 103 Å². The second-order valence-electron chi connectivity index (χ2n) is 4.84. The van der Waals surface area contributed by atoms with Crippen LogP contribution in [-0.4, -0.2) is 13.7 Å². The minimum atomic E-state index is 0.675. The molecule has 0 saturated heterocycles. The van der Waals surface area contributed by atoms with Crippen LogP contribution in [0.25, 0.3) is 0 Å². The highest BCUT2D eigenvalue weighted by Crippen LogP contribution is 2.37. The molecule has 1 heterocycles.